The minimum atomic E-state index is -0.475. The van der Waals surface area contributed by atoms with Gasteiger partial charge in [-0.2, -0.15) is 5.10 Å². The van der Waals surface area contributed by atoms with E-state index in [4.69, 9.17) is 5.10 Å². The van der Waals surface area contributed by atoms with Gasteiger partial charge in [-0.05, 0) is 91.0 Å². The number of aliphatic hydroxyl groups excluding tert-OH is 1. The third kappa shape index (κ3) is 8.65. The van der Waals surface area contributed by atoms with Crippen molar-refractivity contribution in [1.82, 2.24) is 19.6 Å². The second kappa shape index (κ2) is 17.8. The average molecular weight is 742 g/mol. The second-order valence-corrected chi connectivity index (χ2v) is 13.8. The van der Waals surface area contributed by atoms with Crippen LogP contribution in [-0.2, 0) is 13.0 Å². The van der Waals surface area contributed by atoms with Crippen LogP contribution in [0.3, 0.4) is 0 Å². The van der Waals surface area contributed by atoms with Gasteiger partial charge in [0.05, 0.1) is 40.8 Å². The Bertz CT molecular complexity index is 2170. The molecule has 3 amide bonds. The molecule has 0 saturated heterocycles. The van der Waals surface area contributed by atoms with E-state index in [1.54, 1.807) is 82.4 Å². The first-order chi connectivity index (χ1) is 26.8. The Morgan fingerprint density at radius 1 is 0.855 bits per heavy atom. The van der Waals surface area contributed by atoms with Crippen LogP contribution in [0.2, 0.25) is 0 Å². The van der Waals surface area contributed by atoms with E-state index in [1.165, 1.54) is 0 Å². The van der Waals surface area contributed by atoms with Crippen LogP contribution in [0.25, 0.3) is 5.69 Å². The maximum absolute atomic E-state index is 14.7. The predicted octanol–water partition coefficient (Wildman–Crippen LogP) is 8.18. The quantitative estimate of drug-likeness (QED) is 0.0917. The number of anilines is 3. The summed E-state index contributed by atoms with van der Waals surface area (Å²) in [5.41, 5.74) is 5.45. The van der Waals surface area contributed by atoms with Crippen LogP contribution in [0.1, 0.15) is 87.6 Å². The number of nitrogens with one attached hydrogen (secondary N) is 2. The number of benzene rings is 4. The summed E-state index contributed by atoms with van der Waals surface area (Å²) in [6, 6.07) is 27.8. The number of aromatic nitrogens is 2. The summed E-state index contributed by atoms with van der Waals surface area (Å²) in [4.78, 5) is 57.3. The molecule has 0 radical (unpaired) electrons. The molecule has 1 aliphatic heterocycles. The molecule has 1 aromatic heterocycles. The van der Waals surface area contributed by atoms with E-state index < -0.39 is 11.9 Å². The van der Waals surface area contributed by atoms with Gasteiger partial charge in [-0.3, -0.25) is 14.4 Å². The van der Waals surface area contributed by atoms with E-state index in [0.717, 1.165) is 36.8 Å². The van der Waals surface area contributed by atoms with Crippen molar-refractivity contribution in [2.45, 2.75) is 65.5 Å². The molecule has 4 aromatic carbocycles. The van der Waals surface area contributed by atoms with E-state index in [2.05, 4.69) is 29.7 Å². The van der Waals surface area contributed by atoms with Gasteiger partial charge in [0, 0.05) is 31.0 Å². The maximum atomic E-state index is 14.7. The summed E-state index contributed by atoms with van der Waals surface area (Å²) in [6.45, 7) is 7.36. The van der Waals surface area contributed by atoms with Crippen LogP contribution >= 0.6 is 0 Å². The van der Waals surface area contributed by atoms with E-state index in [1.807, 2.05) is 36.1 Å². The van der Waals surface area contributed by atoms with Gasteiger partial charge in [-0.25, -0.2) is 4.68 Å². The lowest BCUT2D eigenvalue weighted by Gasteiger charge is -2.36. The standard InChI is InChI=1S/C43H47N7O5/c1-4-6-22-48(23-7-5-2)43(54)39-24-29(3)50(46-39)40-21-20-32(26-35(40)42(53)49-27-31-15-9-8-14-30(31)25-33(49)28-51)44-41(52)34-16-10-11-17-36(34)45-37-18-12-13-19-38(37)47-55/h8-21,24,26,33,45,51H,4-7,22-23,25,27-28H2,1-3H3,(H,44,52)/t33-/m0/s1. The highest BCUT2D eigenvalue weighted by Crippen LogP contribution is 2.31. The molecule has 6 rings (SSSR count). The van der Waals surface area contributed by atoms with Crippen molar-refractivity contribution >= 4 is 40.5 Å². The lowest BCUT2D eigenvalue weighted by Crippen LogP contribution is -2.46. The van der Waals surface area contributed by atoms with E-state index in [0.29, 0.717) is 53.5 Å². The zero-order chi connectivity index (χ0) is 38.9. The molecular weight excluding hydrogens is 695 g/mol. The number of hydrogen-bond donors (Lipinski definition) is 3. The molecule has 0 bridgehead atoms. The molecule has 0 unspecified atom stereocenters. The molecule has 1 atom stereocenters. The van der Waals surface area contributed by atoms with Crippen LogP contribution in [0.4, 0.5) is 22.7 Å². The van der Waals surface area contributed by atoms with Gasteiger partial charge in [-0.1, -0.05) is 75.2 Å². The SMILES string of the molecule is CCCCN(CCCC)C(=O)c1cc(C)n(-c2ccc(NC(=O)c3ccccc3Nc3ccccc3N=O)cc2C(=O)N2Cc3ccccc3C[C@H]2CO)n1. The van der Waals surface area contributed by atoms with Gasteiger partial charge in [-0.15, -0.1) is 4.91 Å². The fraction of sp³-hybridized carbons (Fsp3) is 0.302. The monoisotopic (exact) mass is 741 g/mol. The van der Waals surface area contributed by atoms with Crippen LogP contribution in [0.5, 0.6) is 0 Å². The number of rotatable bonds is 15. The lowest BCUT2D eigenvalue weighted by molar-refractivity contribution is 0.0544. The van der Waals surface area contributed by atoms with Crippen molar-refractivity contribution < 1.29 is 19.5 Å². The summed E-state index contributed by atoms with van der Waals surface area (Å²) < 4.78 is 1.60. The first-order valence-electron chi connectivity index (χ1n) is 18.8. The number of aliphatic hydroxyl groups is 1. The highest BCUT2D eigenvalue weighted by Gasteiger charge is 2.32. The minimum absolute atomic E-state index is 0.160. The van der Waals surface area contributed by atoms with Crippen LogP contribution in [0, 0.1) is 11.8 Å². The highest BCUT2D eigenvalue weighted by molar-refractivity contribution is 6.09. The number of hydrogen-bond acceptors (Lipinski definition) is 8. The van der Waals surface area contributed by atoms with Crippen molar-refractivity contribution in [2.75, 3.05) is 30.3 Å². The van der Waals surface area contributed by atoms with Crippen molar-refractivity contribution in [3.8, 4) is 5.69 Å². The number of amides is 3. The topological polar surface area (TPSA) is 149 Å². The summed E-state index contributed by atoms with van der Waals surface area (Å²) in [5, 5.41) is 24.4. The lowest BCUT2D eigenvalue weighted by atomic mass is 9.93. The summed E-state index contributed by atoms with van der Waals surface area (Å²) in [7, 11) is 0. The largest absolute Gasteiger partial charge is 0.394 e. The zero-order valence-electron chi connectivity index (χ0n) is 31.5. The molecule has 0 spiro atoms. The molecule has 5 aromatic rings. The van der Waals surface area contributed by atoms with Gasteiger partial charge in [0.1, 0.15) is 5.69 Å². The number of fused-ring (bicyclic) bond motifs is 1. The van der Waals surface area contributed by atoms with Gasteiger partial charge < -0.3 is 25.5 Å². The number of nitroso groups, excluding NO2 is 1. The molecule has 0 fully saturated rings. The normalized spacial score (nSPS) is 13.5. The number of unbranched alkanes of at least 4 members (excludes halogenated alkanes) is 2. The average Bonchev–Trinajstić information content (AvgIpc) is 3.61. The second-order valence-electron chi connectivity index (χ2n) is 13.8. The molecule has 1 aliphatic rings. The molecule has 12 heteroatoms. The van der Waals surface area contributed by atoms with E-state index >= 15 is 0 Å². The first-order valence-corrected chi connectivity index (χ1v) is 18.8. The number of nitrogens with zero attached hydrogens (tertiary/aromatic N) is 5. The smallest absolute Gasteiger partial charge is 0.274 e. The molecule has 3 N–H and O–H groups in total. The fourth-order valence-corrected chi connectivity index (χ4v) is 6.90. The molecule has 12 nitrogen and oxygen atoms in total. The van der Waals surface area contributed by atoms with Gasteiger partial charge in [0.25, 0.3) is 17.7 Å². The van der Waals surface area contributed by atoms with Crippen molar-refractivity contribution in [2.24, 2.45) is 5.18 Å². The van der Waals surface area contributed by atoms with Gasteiger partial charge in [0.2, 0.25) is 0 Å². The molecule has 2 heterocycles. The Kier molecular flexibility index (Phi) is 12.5. The number of para-hydroxylation sites is 2. The number of aryl methyl sites for hydroxylation is 1. The molecule has 55 heavy (non-hydrogen) atoms. The Balaban J connectivity index is 1.37. The van der Waals surface area contributed by atoms with Gasteiger partial charge >= 0.3 is 0 Å². The van der Waals surface area contributed by atoms with Crippen molar-refractivity contribution in [3.05, 3.63) is 136 Å². The Morgan fingerprint density at radius 3 is 2.24 bits per heavy atom. The molecular formula is C43H47N7O5. The third-order valence-corrected chi connectivity index (χ3v) is 9.94. The highest BCUT2D eigenvalue weighted by atomic mass is 16.3. The Hall–Kier alpha value is -6.14. The fourth-order valence-electron chi connectivity index (χ4n) is 6.90. The first kappa shape index (κ1) is 38.6. The predicted molar refractivity (Wildman–Crippen MR) is 214 cm³/mol. The van der Waals surface area contributed by atoms with Crippen LogP contribution in [-0.4, -0.2) is 68.1 Å². The van der Waals surface area contributed by atoms with Crippen molar-refractivity contribution in [1.29, 1.82) is 0 Å². The minimum Gasteiger partial charge on any atom is -0.394 e. The molecule has 0 saturated carbocycles. The summed E-state index contributed by atoms with van der Waals surface area (Å²) in [5.74, 6) is -0.962. The number of carbonyl (C=O) groups excluding carboxylic acids is 3. The van der Waals surface area contributed by atoms with Gasteiger partial charge in [0.15, 0.2) is 5.69 Å². The molecule has 284 valence electrons. The zero-order valence-corrected chi connectivity index (χ0v) is 31.5. The Morgan fingerprint density at radius 2 is 1.53 bits per heavy atom. The third-order valence-electron chi connectivity index (χ3n) is 9.94. The summed E-state index contributed by atoms with van der Waals surface area (Å²) in [6.07, 6.45) is 4.18. The Labute approximate surface area is 321 Å². The van der Waals surface area contributed by atoms with Crippen LogP contribution in [0.15, 0.2) is 102 Å². The van der Waals surface area contributed by atoms with Crippen LogP contribution < -0.4 is 10.6 Å². The molecule has 0 aliphatic carbocycles. The van der Waals surface area contributed by atoms with E-state index in [9.17, 15) is 24.4 Å². The van der Waals surface area contributed by atoms with Crippen molar-refractivity contribution in [3.63, 3.8) is 0 Å². The summed E-state index contributed by atoms with van der Waals surface area (Å²) >= 11 is 0. The maximum Gasteiger partial charge on any atom is 0.274 e. The van der Waals surface area contributed by atoms with E-state index in [-0.39, 0.29) is 41.9 Å². The number of carbonyl (C=O) groups is 3.